The fourth-order valence-electron chi connectivity index (χ4n) is 6.77. The van der Waals surface area contributed by atoms with Crippen LogP contribution in [-0.4, -0.2) is 29.4 Å². The van der Waals surface area contributed by atoms with Gasteiger partial charge >= 0.3 is 0 Å². The molecule has 3 aliphatic rings. The second kappa shape index (κ2) is 8.58. The second-order valence-corrected chi connectivity index (χ2v) is 10.6. The van der Waals surface area contributed by atoms with Gasteiger partial charge < -0.3 is 4.90 Å². The molecule has 4 aromatic carbocycles. The molecule has 7 rings (SSSR count). The molecule has 1 spiro atoms. The highest BCUT2D eigenvalue weighted by molar-refractivity contribution is 6.32. The van der Waals surface area contributed by atoms with E-state index < -0.39 is 29.2 Å². The van der Waals surface area contributed by atoms with Crippen LogP contribution in [0, 0.1) is 11.2 Å². The van der Waals surface area contributed by atoms with E-state index >= 15 is 0 Å². The third-order valence-corrected chi connectivity index (χ3v) is 8.57. The summed E-state index contributed by atoms with van der Waals surface area (Å²) in [6, 6.07) is 25.5. The first-order valence-corrected chi connectivity index (χ1v) is 13.1. The van der Waals surface area contributed by atoms with Gasteiger partial charge in [0.15, 0.2) is 17.3 Å². The van der Waals surface area contributed by atoms with Gasteiger partial charge in [0.2, 0.25) is 0 Å². The van der Waals surface area contributed by atoms with E-state index in [1.165, 1.54) is 12.1 Å². The fourth-order valence-corrected chi connectivity index (χ4v) is 6.89. The van der Waals surface area contributed by atoms with Gasteiger partial charge in [0.05, 0.1) is 6.04 Å². The molecule has 0 amide bonds. The van der Waals surface area contributed by atoms with Gasteiger partial charge in [-0.25, -0.2) is 4.39 Å². The Morgan fingerprint density at radius 2 is 1.46 bits per heavy atom. The van der Waals surface area contributed by atoms with Gasteiger partial charge in [0.25, 0.3) is 0 Å². The Bertz CT molecular complexity index is 1680. The minimum absolute atomic E-state index is 0.246. The Morgan fingerprint density at radius 1 is 0.821 bits per heavy atom. The van der Waals surface area contributed by atoms with E-state index in [4.69, 9.17) is 11.6 Å². The minimum atomic E-state index is -1.58. The lowest BCUT2D eigenvalue weighted by Gasteiger charge is -2.37. The molecule has 2 heterocycles. The van der Waals surface area contributed by atoms with Crippen molar-refractivity contribution in [3.05, 3.63) is 142 Å². The maximum absolute atomic E-state index is 14.5. The third kappa shape index (κ3) is 3.20. The Morgan fingerprint density at radius 3 is 2.13 bits per heavy atom. The molecule has 1 fully saturated rings. The van der Waals surface area contributed by atoms with Gasteiger partial charge in [0.1, 0.15) is 17.3 Å². The molecule has 2 aliphatic heterocycles. The number of hydrogen-bond acceptors (Lipinski definition) is 4. The molecular weight excluding hydrogens is 513 g/mol. The fraction of sp³-hybridized carbons (Fsp3) is 0.121. The van der Waals surface area contributed by atoms with Crippen molar-refractivity contribution in [3.8, 4) is 0 Å². The van der Waals surface area contributed by atoms with Crippen LogP contribution < -0.4 is 4.90 Å². The zero-order valence-corrected chi connectivity index (χ0v) is 21.3. The molecule has 39 heavy (non-hydrogen) atoms. The van der Waals surface area contributed by atoms with Crippen LogP contribution in [0.15, 0.2) is 103 Å². The zero-order chi connectivity index (χ0) is 26.9. The van der Waals surface area contributed by atoms with Crippen LogP contribution >= 0.6 is 11.6 Å². The molecule has 0 saturated carbocycles. The average Bonchev–Trinajstić information content (AvgIpc) is 3.39. The number of rotatable bonds is 3. The molecule has 6 heteroatoms. The van der Waals surface area contributed by atoms with Crippen LogP contribution in [0.1, 0.15) is 48.1 Å². The van der Waals surface area contributed by atoms with E-state index in [1.54, 1.807) is 66.7 Å². The summed E-state index contributed by atoms with van der Waals surface area (Å²) in [4.78, 5) is 45.4. The number of ketones is 3. The minimum Gasteiger partial charge on any atom is -0.352 e. The topological polar surface area (TPSA) is 54.5 Å². The number of hydrogen-bond donors (Lipinski definition) is 0. The molecule has 1 aliphatic carbocycles. The number of halogens is 2. The molecule has 0 N–H and O–H groups in total. The summed E-state index contributed by atoms with van der Waals surface area (Å²) in [6.45, 7) is 0. The maximum Gasteiger partial charge on any atom is 0.185 e. The van der Waals surface area contributed by atoms with E-state index in [-0.39, 0.29) is 17.3 Å². The molecule has 4 aromatic rings. The summed E-state index contributed by atoms with van der Waals surface area (Å²) in [6.07, 6.45) is 3.54. The SMILES string of the molecule is O=C(c1ccc(Cl)cc1)[C@@H]1[C@@H](c2ccccc2)C2(C(=O)c3ccccc3C2=O)[C@H]2C=Cc3cc(F)ccc3N12. The largest absolute Gasteiger partial charge is 0.352 e. The van der Waals surface area contributed by atoms with Gasteiger partial charge in [-0.2, -0.15) is 0 Å². The van der Waals surface area contributed by atoms with Crippen LogP contribution in [0.2, 0.25) is 5.02 Å². The summed E-state index contributed by atoms with van der Waals surface area (Å²) >= 11 is 6.13. The average molecular weight is 534 g/mol. The molecule has 1 saturated heterocycles. The number of benzene rings is 4. The lowest BCUT2D eigenvalue weighted by atomic mass is 9.64. The van der Waals surface area contributed by atoms with Crippen molar-refractivity contribution >= 4 is 40.7 Å². The molecule has 0 unspecified atom stereocenters. The van der Waals surface area contributed by atoms with E-state index in [1.807, 2.05) is 35.2 Å². The van der Waals surface area contributed by atoms with E-state index in [9.17, 15) is 18.8 Å². The number of anilines is 1. The Balaban J connectivity index is 1.54. The van der Waals surface area contributed by atoms with Gasteiger partial charge in [-0.15, -0.1) is 0 Å². The summed E-state index contributed by atoms with van der Waals surface area (Å²) in [5, 5.41) is 0.491. The smallest absolute Gasteiger partial charge is 0.185 e. The first kappa shape index (κ1) is 23.7. The summed E-state index contributed by atoms with van der Waals surface area (Å²) < 4.78 is 14.3. The lowest BCUT2D eigenvalue weighted by molar-refractivity contribution is 0.0666. The zero-order valence-electron chi connectivity index (χ0n) is 20.6. The van der Waals surface area contributed by atoms with Gasteiger partial charge in [0, 0.05) is 38.9 Å². The number of carbonyl (C=O) groups is 3. The highest BCUT2D eigenvalue weighted by atomic mass is 35.5. The Hall–Kier alpha value is -4.35. The summed E-state index contributed by atoms with van der Waals surface area (Å²) in [5.41, 5.74) is 1.45. The lowest BCUT2D eigenvalue weighted by Crippen LogP contribution is -2.48. The number of carbonyl (C=O) groups excluding carboxylic acids is 3. The predicted molar refractivity (Wildman–Crippen MR) is 148 cm³/mol. The number of nitrogens with zero attached hydrogens (tertiary/aromatic N) is 1. The van der Waals surface area contributed by atoms with Crippen molar-refractivity contribution in [1.29, 1.82) is 0 Å². The Labute approximate surface area is 229 Å². The molecular formula is C33H21ClFNO3. The van der Waals surface area contributed by atoms with E-state index in [0.717, 1.165) is 0 Å². The normalized spacial score (nSPS) is 22.1. The monoisotopic (exact) mass is 533 g/mol. The first-order chi connectivity index (χ1) is 18.9. The standard InChI is InChI=1S/C33H21ClFNO3/c34-22-13-10-20(11-14-22)30(37)29-28(19-6-2-1-3-7-19)33(31(38)24-8-4-5-9-25(24)32(33)39)27-17-12-21-18-23(35)15-16-26(21)36(27)29/h1-18,27-29H/t27-,28-,29+/m1/s1. The number of Topliss-reactive ketones (excluding diaryl/α,β-unsaturated/α-hetero) is 3. The van der Waals surface area contributed by atoms with Crippen molar-refractivity contribution in [2.75, 3.05) is 4.90 Å². The highest BCUT2D eigenvalue weighted by Crippen LogP contribution is 2.60. The maximum atomic E-state index is 14.5. The molecule has 190 valence electrons. The molecule has 0 aromatic heterocycles. The highest BCUT2D eigenvalue weighted by Gasteiger charge is 2.71. The summed E-state index contributed by atoms with van der Waals surface area (Å²) in [7, 11) is 0. The second-order valence-electron chi connectivity index (χ2n) is 10.2. The Kier molecular flexibility index (Phi) is 5.23. The van der Waals surface area contributed by atoms with Crippen LogP contribution in [0.3, 0.4) is 0 Å². The summed E-state index contributed by atoms with van der Waals surface area (Å²) in [5.74, 6) is -2.06. The van der Waals surface area contributed by atoms with Crippen molar-refractivity contribution in [3.63, 3.8) is 0 Å². The number of fused-ring (bicyclic) bond motifs is 5. The van der Waals surface area contributed by atoms with Crippen LogP contribution in [0.5, 0.6) is 0 Å². The first-order valence-electron chi connectivity index (χ1n) is 12.7. The van der Waals surface area contributed by atoms with E-state index in [0.29, 0.717) is 38.5 Å². The predicted octanol–water partition coefficient (Wildman–Crippen LogP) is 6.80. The molecule has 3 atom stereocenters. The van der Waals surface area contributed by atoms with Crippen molar-refractivity contribution in [1.82, 2.24) is 0 Å². The molecule has 4 nitrogen and oxygen atoms in total. The quantitative estimate of drug-likeness (QED) is 0.215. The van der Waals surface area contributed by atoms with Crippen LogP contribution in [0.25, 0.3) is 6.08 Å². The van der Waals surface area contributed by atoms with Crippen molar-refractivity contribution in [2.45, 2.75) is 18.0 Å². The molecule has 0 radical (unpaired) electrons. The van der Waals surface area contributed by atoms with Gasteiger partial charge in [-0.05, 0) is 48.0 Å². The van der Waals surface area contributed by atoms with Crippen LogP contribution in [0.4, 0.5) is 10.1 Å². The molecule has 0 bridgehead atoms. The van der Waals surface area contributed by atoms with Crippen LogP contribution in [-0.2, 0) is 0 Å². The van der Waals surface area contributed by atoms with E-state index in [2.05, 4.69) is 0 Å². The third-order valence-electron chi connectivity index (χ3n) is 8.32. The van der Waals surface area contributed by atoms with Gasteiger partial charge in [-0.1, -0.05) is 78.4 Å². The van der Waals surface area contributed by atoms with Crippen molar-refractivity contribution < 1.29 is 18.8 Å². The van der Waals surface area contributed by atoms with Crippen molar-refractivity contribution in [2.24, 2.45) is 5.41 Å². The van der Waals surface area contributed by atoms with Gasteiger partial charge in [-0.3, -0.25) is 14.4 Å².